The fourth-order valence-corrected chi connectivity index (χ4v) is 4.82. The number of hydrogen-bond donors (Lipinski definition) is 0. The van der Waals surface area contributed by atoms with Crippen LogP contribution in [0.5, 0.6) is 0 Å². The van der Waals surface area contributed by atoms with E-state index in [0.717, 1.165) is 11.0 Å². The molecule has 6 rings (SSSR count). The van der Waals surface area contributed by atoms with Gasteiger partial charge >= 0.3 is 0 Å². The Morgan fingerprint density at radius 1 is 0.643 bits per heavy atom. The largest absolute Gasteiger partial charge is 0.310 e. The molecule has 1 aliphatic heterocycles. The summed E-state index contributed by atoms with van der Waals surface area (Å²) in [6.45, 7) is 0.0487. The minimum absolute atomic E-state index is 0.0487. The second kappa shape index (κ2) is 5.61. The first-order chi connectivity index (χ1) is 13.9. The van der Waals surface area contributed by atoms with Crippen LogP contribution in [0, 0.1) is 11.3 Å². The van der Waals surface area contributed by atoms with Crippen molar-refractivity contribution in [3.63, 3.8) is 0 Å². The molecule has 0 aliphatic carbocycles. The van der Waals surface area contributed by atoms with Crippen molar-refractivity contribution in [2.24, 2.45) is 0 Å². The van der Waals surface area contributed by atoms with Gasteiger partial charge in [-0.3, -0.25) is 0 Å². The van der Waals surface area contributed by atoms with Gasteiger partial charge in [-0.1, -0.05) is 78.3 Å². The SMILES string of the molecule is N#Cc1ccccc1B1c2ccccc2-n2c3ccccc3c3cccc1c32. The van der Waals surface area contributed by atoms with Gasteiger partial charge in [0.15, 0.2) is 0 Å². The van der Waals surface area contributed by atoms with Crippen molar-refractivity contribution in [1.82, 2.24) is 4.57 Å². The van der Waals surface area contributed by atoms with Gasteiger partial charge in [-0.05, 0) is 29.1 Å². The van der Waals surface area contributed by atoms with E-state index >= 15 is 0 Å². The fraction of sp³-hybridized carbons (Fsp3) is 0. The molecule has 5 aromatic rings. The van der Waals surface area contributed by atoms with Crippen molar-refractivity contribution < 1.29 is 0 Å². The summed E-state index contributed by atoms with van der Waals surface area (Å²) in [6.07, 6.45) is 0. The predicted octanol–water partition coefficient (Wildman–Crippen LogP) is 3.48. The van der Waals surface area contributed by atoms with Crippen LogP contribution < -0.4 is 16.4 Å². The first-order valence-electron chi connectivity index (χ1n) is 9.49. The first-order valence-corrected chi connectivity index (χ1v) is 9.49. The molecule has 1 aromatic heterocycles. The van der Waals surface area contributed by atoms with Gasteiger partial charge < -0.3 is 4.57 Å². The fourth-order valence-electron chi connectivity index (χ4n) is 4.82. The van der Waals surface area contributed by atoms with E-state index in [1.165, 1.54) is 38.4 Å². The smallest absolute Gasteiger partial charge is 0.248 e. The van der Waals surface area contributed by atoms with Crippen molar-refractivity contribution in [1.29, 1.82) is 5.26 Å². The summed E-state index contributed by atoms with van der Waals surface area (Å²) in [5, 5.41) is 12.3. The standard InChI is InChI=1S/C25H15BN2/c27-16-17-8-1-3-11-20(17)26-21-12-4-6-15-24(21)28-23-14-5-2-9-18(23)19-10-7-13-22(26)25(19)28/h1-15H. The maximum absolute atomic E-state index is 9.75. The summed E-state index contributed by atoms with van der Waals surface area (Å²) < 4.78 is 2.39. The van der Waals surface area contributed by atoms with Gasteiger partial charge in [0.2, 0.25) is 6.71 Å². The Balaban J connectivity index is 1.84. The lowest BCUT2D eigenvalue weighted by molar-refractivity contribution is 1.19. The summed E-state index contributed by atoms with van der Waals surface area (Å²) in [7, 11) is 0. The Morgan fingerprint density at radius 3 is 2.21 bits per heavy atom. The van der Waals surface area contributed by atoms with Crippen LogP contribution in [-0.2, 0) is 0 Å². The molecule has 4 aromatic carbocycles. The number of aromatic nitrogens is 1. The molecule has 0 spiro atoms. The van der Waals surface area contributed by atoms with Crippen molar-refractivity contribution in [3.05, 3.63) is 96.6 Å². The molecule has 3 heteroatoms. The number of fused-ring (bicyclic) bond motifs is 5. The van der Waals surface area contributed by atoms with Crippen molar-refractivity contribution in [3.8, 4) is 11.8 Å². The summed E-state index contributed by atoms with van der Waals surface area (Å²) in [5.74, 6) is 0. The van der Waals surface area contributed by atoms with E-state index in [2.05, 4.69) is 83.4 Å². The van der Waals surface area contributed by atoms with Crippen LogP contribution in [0.3, 0.4) is 0 Å². The Labute approximate surface area is 163 Å². The molecule has 0 atom stereocenters. The molecule has 1 aliphatic rings. The van der Waals surface area contributed by atoms with E-state index < -0.39 is 0 Å². The Kier molecular flexibility index (Phi) is 3.07. The number of rotatable bonds is 1. The molecule has 0 N–H and O–H groups in total. The lowest BCUT2D eigenvalue weighted by Gasteiger charge is -2.27. The van der Waals surface area contributed by atoms with Gasteiger partial charge in [0.1, 0.15) is 0 Å². The molecule has 128 valence electrons. The van der Waals surface area contributed by atoms with Crippen LogP contribution in [0.25, 0.3) is 27.5 Å². The van der Waals surface area contributed by atoms with Gasteiger partial charge in [-0.25, -0.2) is 0 Å². The van der Waals surface area contributed by atoms with Crippen LogP contribution >= 0.6 is 0 Å². The van der Waals surface area contributed by atoms with E-state index in [4.69, 9.17) is 0 Å². The number of para-hydroxylation sites is 3. The molecule has 0 saturated heterocycles. The van der Waals surface area contributed by atoms with Gasteiger partial charge in [0.25, 0.3) is 0 Å². The molecule has 2 nitrogen and oxygen atoms in total. The number of nitriles is 1. The zero-order valence-electron chi connectivity index (χ0n) is 15.1. The second-order valence-corrected chi connectivity index (χ2v) is 7.29. The Bertz CT molecular complexity index is 1440. The third-order valence-corrected chi connectivity index (χ3v) is 5.92. The maximum Gasteiger partial charge on any atom is 0.248 e. The molecule has 0 unspecified atom stereocenters. The van der Waals surface area contributed by atoms with Crippen molar-refractivity contribution >= 4 is 44.9 Å². The minimum Gasteiger partial charge on any atom is -0.310 e. The highest BCUT2D eigenvalue weighted by Gasteiger charge is 2.34. The maximum atomic E-state index is 9.75. The third-order valence-electron chi connectivity index (χ3n) is 5.92. The predicted molar refractivity (Wildman–Crippen MR) is 117 cm³/mol. The number of benzene rings is 4. The lowest BCUT2D eigenvalue weighted by atomic mass is 9.35. The van der Waals surface area contributed by atoms with Gasteiger partial charge in [-0.15, -0.1) is 0 Å². The normalized spacial score (nSPS) is 12.2. The van der Waals surface area contributed by atoms with Crippen LogP contribution in [0.1, 0.15) is 5.56 Å². The first kappa shape index (κ1) is 15.3. The molecule has 0 fully saturated rings. The van der Waals surface area contributed by atoms with E-state index in [1.54, 1.807) is 0 Å². The highest BCUT2D eigenvalue weighted by Crippen LogP contribution is 2.32. The van der Waals surface area contributed by atoms with Gasteiger partial charge in [0, 0.05) is 27.5 Å². The molecule has 0 bridgehead atoms. The zero-order chi connectivity index (χ0) is 18.7. The topological polar surface area (TPSA) is 28.7 Å². The van der Waals surface area contributed by atoms with Crippen LogP contribution in [-0.4, -0.2) is 11.3 Å². The van der Waals surface area contributed by atoms with Crippen LogP contribution in [0.15, 0.2) is 91.0 Å². The van der Waals surface area contributed by atoms with E-state index in [1.807, 2.05) is 18.2 Å². The third kappa shape index (κ3) is 1.87. The average molecular weight is 354 g/mol. The average Bonchev–Trinajstić information content (AvgIpc) is 3.10. The van der Waals surface area contributed by atoms with Crippen LogP contribution in [0.4, 0.5) is 0 Å². The molecule has 2 heterocycles. The highest BCUT2D eigenvalue weighted by atomic mass is 15.0. The monoisotopic (exact) mass is 354 g/mol. The molecular formula is C25H15BN2. The number of hydrogen-bond acceptors (Lipinski definition) is 1. The lowest BCUT2D eigenvalue weighted by Crippen LogP contribution is -2.56. The van der Waals surface area contributed by atoms with Gasteiger partial charge in [-0.2, -0.15) is 5.26 Å². The summed E-state index contributed by atoms with van der Waals surface area (Å²) >= 11 is 0. The molecule has 28 heavy (non-hydrogen) atoms. The molecule has 0 amide bonds. The Morgan fingerprint density at radius 2 is 1.32 bits per heavy atom. The van der Waals surface area contributed by atoms with E-state index in [9.17, 15) is 5.26 Å². The molecule has 0 saturated carbocycles. The van der Waals surface area contributed by atoms with Crippen molar-refractivity contribution in [2.45, 2.75) is 0 Å². The van der Waals surface area contributed by atoms with E-state index in [0.29, 0.717) is 0 Å². The Hall–Kier alpha value is -3.77. The van der Waals surface area contributed by atoms with Gasteiger partial charge in [0.05, 0.1) is 11.6 Å². The summed E-state index contributed by atoms with van der Waals surface area (Å²) in [4.78, 5) is 0. The zero-order valence-corrected chi connectivity index (χ0v) is 15.1. The van der Waals surface area contributed by atoms with Crippen LogP contribution in [0.2, 0.25) is 0 Å². The highest BCUT2D eigenvalue weighted by molar-refractivity contribution is 6.98. The summed E-state index contributed by atoms with van der Waals surface area (Å²) in [6, 6.07) is 34.1. The minimum atomic E-state index is 0.0487. The number of nitrogens with zero attached hydrogens (tertiary/aromatic N) is 2. The molecule has 0 radical (unpaired) electrons. The van der Waals surface area contributed by atoms with E-state index in [-0.39, 0.29) is 6.71 Å². The van der Waals surface area contributed by atoms with Crippen molar-refractivity contribution in [2.75, 3.05) is 0 Å². The second-order valence-electron chi connectivity index (χ2n) is 7.29. The molecular weight excluding hydrogens is 339 g/mol. The summed E-state index contributed by atoms with van der Waals surface area (Å²) in [5.41, 5.74) is 7.99. The quantitative estimate of drug-likeness (QED) is 0.416.